The van der Waals surface area contributed by atoms with Crippen LogP contribution in [0.25, 0.3) is 0 Å². The van der Waals surface area contributed by atoms with Crippen molar-refractivity contribution in [1.82, 2.24) is 0 Å². The highest BCUT2D eigenvalue weighted by Gasteiger charge is 2.19. The standard InChI is InChI=1S/C56H104O6/c1-4-7-10-13-16-19-22-25-27-29-31-34-37-40-43-46-49-55(58)61-52-53(51-60-54(57)48-45-42-39-36-33-30-24-21-18-15-12-9-6-3)62-56(59)50-47-44-41-38-35-32-28-26-23-20-17-14-11-8-5-2/h17,20,26,28,53H,4-16,18-19,21-25,27,29-52H2,1-3H3/b20-17+,28-26+/t53-/m1/s1. The first-order valence-electron chi connectivity index (χ1n) is 27.3. The second-order valence-electron chi connectivity index (χ2n) is 18.5. The summed E-state index contributed by atoms with van der Waals surface area (Å²) < 4.78 is 16.8. The van der Waals surface area contributed by atoms with Gasteiger partial charge in [-0.3, -0.25) is 14.4 Å². The molecule has 0 aromatic rings. The summed E-state index contributed by atoms with van der Waals surface area (Å²) in [7, 11) is 0. The first kappa shape index (κ1) is 59.9. The number of carbonyl (C=O) groups excluding carboxylic acids is 3. The fraction of sp³-hybridized carbons (Fsp3) is 0.875. The molecule has 0 spiro atoms. The average molecular weight is 873 g/mol. The Morgan fingerprint density at radius 1 is 0.323 bits per heavy atom. The molecule has 0 aliphatic heterocycles. The number of hydrogen-bond acceptors (Lipinski definition) is 6. The van der Waals surface area contributed by atoms with Gasteiger partial charge in [-0.25, -0.2) is 0 Å². The van der Waals surface area contributed by atoms with E-state index in [0.29, 0.717) is 19.3 Å². The van der Waals surface area contributed by atoms with Crippen LogP contribution in [-0.4, -0.2) is 37.2 Å². The van der Waals surface area contributed by atoms with Crippen molar-refractivity contribution in [2.45, 2.75) is 303 Å². The summed E-state index contributed by atoms with van der Waals surface area (Å²) in [4.78, 5) is 38.0. The molecule has 0 N–H and O–H groups in total. The molecule has 0 amide bonds. The van der Waals surface area contributed by atoms with E-state index in [1.165, 1.54) is 180 Å². The van der Waals surface area contributed by atoms with Crippen molar-refractivity contribution < 1.29 is 28.6 Å². The molecule has 0 aliphatic rings. The van der Waals surface area contributed by atoms with E-state index in [4.69, 9.17) is 14.2 Å². The Hall–Kier alpha value is -2.11. The van der Waals surface area contributed by atoms with E-state index in [1.807, 2.05) is 0 Å². The Balaban J connectivity index is 4.35. The van der Waals surface area contributed by atoms with Crippen molar-refractivity contribution in [3.63, 3.8) is 0 Å². The molecule has 0 saturated carbocycles. The van der Waals surface area contributed by atoms with Crippen molar-refractivity contribution in [1.29, 1.82) is 0 Å². The van der Waals surface area contributed by atoms with E-state index in [2.05, 4.69) is 45.1 Å². The number of allylic oxidation sites excluding steroid dienone is 4. The highest BCUT2D eigenvalue weighted by Crippen LogP contribution is 2.16. The lowest BCUT2D eigenvalue weighted by Crippen LogP contribution is -2.30. The van der Waals surface area contributed by atoms with E-state index < -0.39 is 6.10 Å². The van der Waals surface area contributed by atoms with Crippen molar-refractivity contribution in [2.24, 2.45) is 0 Å². The largest absolute Gasteiger partial charge is 0.462 e. The summed E-state index contributed by atoms with van der Waals surface area (Å²) in [5, 5.41) is 0. The number of ether oxygens (including phenoxy) is 3. The van der Waals surface area contributed by atoms with Gasteiger partial charge in [0.15, 0.2) is 6.10 Å². The fourth-order valence-corrected chi connectivity index (χ4v) is 8.06. The molecule has 0 radical (unpaired) electrons. The summed E-state index contributed by atoms with van der Waals surface area (Å²) in [5.74, 6) is -0.868. The van der Waals surface area contributed by atoms with E-state index in [0.717, 1.165) is 77.0 Å². The quantitative estimate of drug-likeness (QED) is 0.0262. The monoisotopic (exact) mass is 873 g/mol. The van der Waals surface area contributed by atoms with Crippen LogP contribution in [0.3, 0.4) is 0 Å². The molecule has 0 bridgehead atoms. The topological polar surface area (TPSA) is 78.9 Å². The normalized spacial score (nSPS) is 12.1. The maximum absolute atomic E-state index is 12.8. The maximum atomic E-state index is 12.8. The Morgan fingerprint density at radius 3 is 0.919 bits per heavy atom. The first-order chi connectivity index (χ1) is 30.5. The summed E-state index contributed by atoms with van der Waals surface area (Å²) in [5.41, 5.74) is 0. The van der Waals surface area contributed by atoms with Gasteiger partial charge in [-0.15, -0.1) is 0 Å². The summed E-state index contributed by atoms with van der Waals surface area (Å²) in [6.45, 7) is 6.64. The van der Waals surface area contributed by atoms with Gasteiger partial charge >= 0.3 is 17.9 Å². The minimum atomic E-state index is -0.772. The van der Waals surface area contributed by atoms with Crippen molar-refractivity contribution in [3.05, 3.63) is 24.3 Å². The predicted octanol–water partition coefficient (Wildman–Crippen LogP) is 17.9. The molecule has 0 aromatic carbocycles. The molecule has 0 saturated heterocycles. The van der Waals surface area contributed by atoms with Gasteiger partial charge in [0, 0.05) is 19.3 Å². The van der Waals surface area contributed by atoms with Gasteiger partial charge < -0.3 is 14.2 Å². The molecule has 62 heavy (non-hydrogen) atoms. The fourth-order valence-electron chi connectivity index (χ4n) is 8.06. The molecule has 6 nitrogen and oxygen atoms in total. The zero-order valence-electron chi connectivity index (χ0n) is 41.7. The Labute approximate surface area is 385 Å². The molecule has 0 heterocycles. The van der Waals surface area contributed by atoms with Crippen LogP contribution >= 0.6 is 0 Å². The third-order valence-corrected chi connectivity index (χ3v) is 12.2. The summed E-state index contributed by atoms with van der Waals surface area (Å²) in [6.07, 6.45) is 58.7. The summed E-state index contributed by atoms with van der Waals surface area (Å²) >= 11 is 0. The highest BCUT2D eigenvalue weighted by atomic mass is 16.6. The minimum Gasteiger partial charge on any atom is -0.462 e. The second-order valence-corrected chi connectivity index (χ2v) is 18.5. The van der Waals surface area contributed by atoms with E-state index in [-0.39, 0.29) is 31.1 Å². The van der Waals surface area contributed by atoms with Crippen molar-refractivity contribution in [3.8, 4) is 0 Å². The van der Waals surface area contributed by atoms with Crippen LogP contribution < -0.4 is 0 Å². The summed E-state index contributed by atoms with van der Waals surface area (Å²) in [6, 6.07) is 0. The van der Waals surface area contributed by atoms with Crippen LogP contribution in [0.5, 0.6) is 0 Å². The molecule has 0 unspecified atom stereocenters. The molecular formula is C56H104O6. The molecule has 0 rings (SSSR count). The van der Waals surface area contributed by atoms with Crippen LogP contribution in [0.15, 0.2) is 24.3 Å². The predicted molar refractivity (Wildman–Crippen MR) is 266 cm³/mol. The minimum absolute atomic E-state index is 0.0718. The number of rotatable bonds is 50. The SMILES string of the molecule is CCCCC/C=C/C/C=C/CCCCCCCC(=O)O[C@H](COC(=O)CCCCCCCCCCCCCCC)COC(=O)CCCCCCCCCCCCCCCCCC. The van der Waals surface area contributed by atoms with Gasteiger partial charge in [0.1, 0.15) is 13.2 Å². The molecule has 0 aliphatic carbocycles. The number of carbonyl (C=O) groups is 3. The Bertz CT molecular complexity index is 1000. The molecule has 0 fully saturated rings. The Morgan fingerprint density at radius 2 is 0.581 bits per heavy atom. The second kappa shape index (κ2) is 51.5. The van der Waals surface area contributed by atoms with E-state index in [9.17, 15) is 14.4 Å². The number of unbranched alkanes of at least 4 members (excludes halogenated alkanes) is 35. The highest BCUT2D eigenvalue weighted by molar-refractivity contribution is 5.71. The zero-order chi connectivity index (χ0) is 45.1. The number of hydrogen-bond donors (Lipinski definition) is 0. The van der Waals surface area contributed by atoms with Crippen LogP contribution in [0.4, 0.5) is 0 Å². The zero-order valence-corrected chi connectivity index (χ0v) is 41.7. The molecule has 0 aromatic heterocycles. The van der Waals surface area contributed by atoms with Gasteiger partial charge in [0.2, 0.25) is 0 Å². The third kappa shape index (κ3) is 48.9. The van der Waals surface area contributed by atoms with Crippen LogP contribution in [0.2, 0.25) is 0 Å². The molecule has 364 valence electrons. The Kier molecular flexibility index (Phi) is 49.8. The van der Waals surface area contributed by atoms with Crippen LogP contribution in [0.1, 0.15) is 297 Å². The van der Waals surface area contributed by atoms with E-state index in [1.54, 1.807) is 0 Å². The lowest BCUT2D eigenvalue weighted by molar-refractivity contribution is -0.167. The van der Waals surface area contributed by atoms with Gasteiger partial charge in [0.25, 0.3) is 0 Å². The van der Waals surface area contributed by atoms with Gasteiger partial charge in [0.05, 0.1) is 0 Å². The lowest BCUT2D eigenvalue weighted by atomic mass is 10.0. The van der Waals surface area contributed by atoms with Gasteiger partial charge in [-0.1, -0.05) is 251 Å². The van der Waals surface area contributed by atoms with Gasteiger partial charge in [-0.2, -0.15) is 0 Å². The molecule has 1 atom stereocenters. The third-order valence-electron chi connectivity index (χ3n) is 12.2. The molecular weight excluding hydrogens is 769 g/mol. The maximum Gasteiger partial charge on any atom is 0.306 e. The van der Waals surface area contributed by atoms with Gasteiger partial charge in [-0.05, 0) is 51.4 Å². The molecule has 6 heteroatoms. The lowest BCUT2D eigenvalue weighted by Gasteiger charge is -2.18. The smallest absolute Gasteiger partial charge is 0.306 e. The van der Waals surface area contributed by atoms with E-state index >= 15 is 0 Å². The van der Waals surface area contributed by atoms with Crippen molar-refractivity contribution in [2.75, 3.05) is 13.2 Å². The van der Waals surface area contributed by atoms with Crippen molar-refractivity contribution >= 4 is 17.9 Å². The van der Waals surface area contributed by atoms with Crippen LogP contribution in [0, 0.1) is 0 Å². The van der Waals surface area contributed by atoms with Crippen LogP contribution in [-0.2, 0) is 28.6 Å². The first-order valence-corrected chi connectivity index (χ1v) is 27.3. The number of esters is 3. The average Bonchev–Trinajstić information content (AvgIpc) is 3.27.